The molecule has 0 aliphatic carbocycles. The molecule has 7 nitrogen and oxygen atoms in total. The minimum atomic E-state index is -3.24. The smallest absolute Gasteiger partial charge is 0.305 e. The topological polar surface area (TPSA) is 104 Å². The minimum absolute atomic E-state index is 0.0702. The highest BCUT2D eigenvalue weighted by Crippen LogP contribution is 2.15. The maximum atomic E-state index is 11.7. The molecule has 1 aliphatic heterocycles. The molecule has 0 aromatic carbocycles. The van der Waals surface area contributed by atoms with E-state index in [4.69, 9.17) is 5.11 Å². The molecule has 1 unspecified atom stereocenters. The lowest BCUT2D eigenvalue weighted by atomic mass is 10.2. The Morgan fingerprint density at radius 3 is 2.65 bits per heavy atom. The SMILES string of the molecule is CNCC(=O)N1CCS(=O)(=O)CC1CC(=O)O. The fraction of sp³-hybridized carbons (Fsp3) is 0.778. The number of carbonyl (C=O) groups is 2. The highest BCUT2D eigenvalue weighted by molar-refractivity contribution is 7.91. The molecule has 17 heavy (non-hydrogen) atoms. The summed E-state index contributed by atoms with van der Waals surface area (Å²) in [6.45, 7) is 0.150. The van der Waals surface area contributed by atoms with E-state index < -0.39 is 21.8 Å². The van der Waals surface area contributed by atoms with Crippen molar-refractivity contribution in [2.45, 2.75) is 12.5 Å². The van der Waals surface area contributed by atoms with Gasteiger partial charge in [-0.05, 0) is 7.05 Å². The van der Waals surface area contributed by atoms with Crippen molar-refractivity contribution in [1.82, 2.24) is 10.2 Å². The summed E-state index contributed by atoms with van der Waals surface area (Å²) in [5.41, 5.74) is 0. The van der Waals surface area contributed by atoms with E-state index in [0.717, 1.165) is 0 Å². The van der Waals surface area contributed by atoms with Crippen molar-refractivity contribution < 1.29 is 23.1 Å². The molecule has 1 fully saturated rings. The third-order valence-corrected chi connectivity index (χ3v) is 4.29. The third-order valence-electron chi connectivity index (χ3n) is 2.59. The number of carboxylic acids is 1. The van der Waals surface area contributed by atoms with E-state index >= 15 is 0 Å². The number of carboxylic acid groups (broad SMARTS) is 1. The van der Waals surface area contributed by atoms with Gasteiger partial charge in [-0.25, -0.2) is 8.42 Å². The van der Waals surface area contributed by atoms with Crippen LogP contribution in [0.1, 0.15) is 6.42 Å². The summed E-state index contributed by atoms with van der Waals surface area (Å²) < 4.78 is 22.8. The first kappa shape index (κ1) is 13.9. The van der Waals surface area contributed by atoms with Crippen molar-refractivity contribution in [3.63, 3.8) is 0 Å². The average molecular weight is 264 g/mol. The number of nitrogens with one attached hydrogen (secondary N) is 1. The van der Waals surface area contributed by atoms with Crippen molar-refractivity contribution in [2.24, 2.45) is 0 Å². The Kier molecular flexibility index (Phi) is 4.47. The quantitative estimate of drug-likeness (QED) is 0.627. The second-order valence-electron chi connectivity index (χ2n) is 3.98. The van der Waals surface area contributed by atoms with Gasteiger partial charge in [0.2, 0.25) is 5.91 Å². The van der Waals surface area contributed by atoms with Gasteiger partial charge in [0.1, 0.15) is 0 Å². The molecule has 0 radical (unpaired) electrons. The van der Waals surface area contributed by atoms with Crippen molar-refractivity contribution in [3.8, 4) is 0 Å². The van der Waals surface area contributed by atoms with Gasteiger partial charge >= 0.3 is 5.97 Å². The maximum absolute atomic E-state index is 11.7. The number of sulfone groups is 1. The molecule has 1 rings (SSSR count). The van der Waals surface area contributed by atoms with Crippen LogP contribution < -0.4 is 5.32 Å². The van der Waals surface area contributed by atoms with E-state index in [1.54, 1.807) is 7.05 Å². The van der Waals surface area contributed by atoms with E-state index in [1.807, 2.05) is 0 Å². The number of hydrogen-bond acceptors (Lipinski definition) is 5. The van der Waals surface area contributed by atoms with Gasteiger partial charge in [0.25, 0.3) is 0 Å². The van der Waals surface area contributed by atoms with Crippen LogP contribution in [0.4, 0.5) is 0 Å². The molecule has 1 aliphatic rings. The molecule has 0 saturated carbocycles. The second-order valence-corrected chi connectivity index (χ2v) is 6.21. The molecule has 8 heteroatoms. The Morgan fingerprint density at radius 2 is 2.12 bits per heavy atom. The lowest BCUT2D eigenvalue weighted by Gasteiger charge is -2.34. The van der Waals surface area contributed by atoms with Crippen LogP contribution in [0.3, 0.4) is 0 Å². The van der Waals surface area contributed by atoms with Crippen molar-refractivity contribution >= 4 is 21.7 Å². The van der Waals surface area contributed by atoms with Crippen LogP contribution in [0.2, 0.25) is 0 Å². The zero-order chi connectivity index (χ0) is 13.1. The van der Waals surface area contributed by atoms with Crippen LogP contribution in [0.15, 0.2) is 0 Å². The summed E-state index contributed by atoms with van der Waals surface area (Å²) in [7, 11) is -1.63. The molecule has 1 saturated heterocycles. The number of hydrogen-bond donors (Lipinski definition) is 2. The number of amides is 1. The normalized spacial score (nSPS) is 23.4. The number of rotatable bonds is 4. The lowest BCUT2D eigenvalue weighted by molar-refractivity contribution is -0.140. The molecule has 1 amide bonds. The van der Waals surface area contributed by atoms with Crippen LogP contribution in [0.5, 0.6) is 0 Å². The summed E-state index contributed by atoms with van der Waals surface area (Å²) in [4.78, 5) is 23.7. The van der Waals surface area contributed by atoms with Crippen LogP contribution in [0, 0.1) is 0 Å². The Morgan fingerprint density at radius 1 is 1.47 bits per heavy atom. The molecule has 1 atom stereocenters. The molecular weight excluding hydrogens is 248 g/mol. The molecule has 0 bridgehead atoms. The van der Waals surface area contributed by atoms with Crippen LogP contribution in [-0.4, -0.2) is 68.0 Å². The van der Waals surface area contributed by atoms with Crippen molar-refractivity contribution in [2.75, 3.05) is 31.6 Å². The first-order valence-electron chi connectivity index (χ1n) is 5.22. The van der Waals surface area contributed by atoms with Gasteiger partial charge in [-0.15, -0.1) is 0 Å². The highest BCUT2D eigenvalue weighted by Gasteiger charge is 2.34. The highest BCUT2D eigenvalue weighted by atomic mass is 32.2. The summed E-state index contributed by atoms with van der Waals surface area (Å²) in [6, 6.07) is -0.757. The summed E-state index contributed by atoms with van der Waals surface area (Å²) in [6.07, 6.45) is -0.339. The van der Waals surface area contributed by atoms with E-state index in [0.29, 0.717) is 0 Å². The largest absolute Gasteiger partial charge is 0.481 e. The van der Waals surface area contributed by atoms with E-state index in [-0.39, 0.29) is 36.9 Å². The molecule has 0 aromatic heterocycles. The van der Waals surface area contributed by atoms with Gasteiger partial charge in [0.05, 0.1) is 30.5 Å². The minimum Gasteiger partial charge on any atom is -0.481 e. The molecule has 0 spiro atoms. The molecular formula is C9H16N2O5S. The molecule has 0 aromatic rings. The summed E-state index contributed by atoms with van der Waals surface area (Å²) >= 11 is 0. The Hall–Kier alpha value is -1.15. The molecule has 2 N–H and O–H groups in total. The number of aliphatic carboxylic acids is 1. The fourth-order valence-corrected chi connectivity index (χ4v) is 3.36. The second kappa shape index (κ2) is 5.46. The van der Waals surface area contributed by atoms with Gasteiger partial charge in [0, 0.05) is 6.54 Å². The first-order chi connectivity index (χ1) is 7.85. The average Bonchev–Trinajstić information content (AvgIpc) is 2.15. The van der Waals surface area contributed by atoms with Gasteiger partial charge in [-0.3, -0.25) is 9.59 Å². The molecule has 1 heterocycles. The van der Waals surface area contributed by atoms with Gasteiger partial charge < -0.3 is 15.3 Å². The van der Waals surface area contributed by atoms with Crippen LogP contribution >= 0.6 is 0 Å². The zero-order valence-electron chi connectivity index (χ0n) is 9.55. The maximum Gasteiger partial charge on any atom is 0.305 e. The lowest BCUT2D eigenvalue weighted by Crippen LogP contribution is -2.53. The van der Waals surface area contributed by atoms with Gasteiger partial charge in [-0.2, -0.15) is 0 Å². The third kappa shape index (κ3) is 3.97. The van der Waals surface area contributed by atoms with Crippen molar-refractivity contribution in [3.05, 3.63) is 0 Å². The fourth-order valence-electron chi connectivity index (χ4n) is 1.84. The van der Waals surface area contributed by atoms with E-state index in [1.165, 1.54) is 4.90 Å². The van der Waals surface area contributed by atoms with Crippen LogP contribution in [-0.2, 0) is 19.4 Å². The van der Waals surface area contributed by atoms with Gasteiger partial charge in [0.15, 0.2) is 9.84 Å². The number of nitrogens with zero attached hydrogens (tertiary/aromatic N) is 1. The van der Waals surface area contributed by atoms with Crippen molar-refractivity contribution in [1.29, 1.82) is 0 Å². The number of likely N-dealkylation sites (N-methyl/N-ethyl adjacent to an activating group) is 1. The Labute approximate surface area is 99.7 Å². The summed E-state index contributed by atoms with van der Waals surface area (Å²) in [5, 5.41) is 11.4. The number of carbonyl (C=O) groups excluding carboxylic acids is 1. The molecule has 98 valence electrons. The van der Waals surface area contributed by atoms with E-state index in [9.17, 15) is 18.0 Å². The van der Waals surface area contributed by atoms with Gasteiger partial charge in [-0.1, -0.05) is 0 Å². The predicted octanol–water partition coefficient (Wildman–Crippen LogP) is -1.69. The first-order valence-corrected chi connectivity index (χ1v) is 7.04. The predicted molar refractivity (Wildman–Crippen MR) is 60.3 cm³/mol. The zero-order valence-corrected chi connectivity index (χ0v) is 10.4. The summed E-state index contributed by atoms with van der Waals surface area (Å²) in [5.74, 6) is -1.74. The Balaban J connectivity index is 2.80. The van der Waals surface area contributed by atoms with E-state index in [2.05, 4.69) is 5.32 Å². The monoisotopic (exact) mass is 264 g/mol. The van der Waals surface area contributed by atoms with Crippen LogP contribution in [0.25, 0.3) is 0 Å². The standard InChI is InChI=1S/C9H16N2O5S/c1-10-5-8(12)11-2-3-17(15,16)6-7(11)4-9(13)14/h7,10H,2-6H2,1H3,(H,13,14). The Bertz CT molecular complexity index is 406.